The van der Waals surface area contributed by atoms with Crippen LogP contribution in [0.1, 0.15) is 43.0 Å². The average Bonchev–Trinajstić information content (AvgIpc) is 3.07. The Kier molecular flexibility index (Phi) is 5.80. The number of nitrogens with zero attached hydrogens (tertiary/aromatic N) is 3. The second kappa shape index (κ2) is 8.31. The van der Waals surface area contributed by atoms with Gasteiger partial charge in [0.2, 0.25) is 0 Å². The first-order valence-corrected chi connectivity index (χ1v) is 11.0. The Morgan fingerprint density at radius 1 is 1.25 bits per heavy atom. The fourth-order valence-corrected chi connectivity index (χ4v) is 5.48. The van der Waals surface area contributed by atoms with Gasteiger partial charge in [0.15, 0.2) is 0 Å². The number of carbonyl (C=O) groups excluding carboxylic acids is 1. The Morgan fingerprint density at radius 2 is 2.00 bits per heavy atom. The highest BCUT2D eigenvalue weighted by molar-refractivity contribution is 7.18. The van der Waals surface area contributed by atoms with Crippen LogP contribution >= 0.6 is 11.3 Å². The van der Waals surface area contributed by atoms with Gasteiger partial charge in [0.25, 0.3) is 11.5 Å². The number of H-pyrrole nitrogens is 1. The molecular weight excluding hydrogens is 376 g/mol. The van der Waals surface area contributed by atoms with E-state index in [9.17, 15) is 9.59 Å². The van der Waals surface area contributed by atoms with E-state index in [1.54, 1.807) is 11.3 Å². The maximum atomic E-state index is 12.7. The number of nitrogens with one attached hydrogen (secondary N) is 1. The summed E-state index contributed by atoms with van der Waals surface area (Å²) in [5, 5.41) is 0.809. The molecular formula is C20H28N4O3S. The molecule has 2 aliphatic rings. The number of amides is 1. The van der Waals surface area contributed by atoms with Crippen molar-refractivity contribution < 1.29 is 9.53 Å². The van der Waals surface area contributed by atoms with Crippen LogP contribution in [0.25, 0.3) is 10.2 Å². The van der Waals surface area contributed by atoms with Crippen molar-refractivity contribution in [1.82, 2.24) is 19.8 Å². The minimum absolute atomic E-state index is 0.00115. The zero-order chi connectivity index (χ0) is 19.7. The second-order valence-corrected chi connectivity index (χ2v) is 8.69. The van der Waals surface area contributed by atoms with Crippen LogP contribution in [0.2, 0.25) is 0 Å². The third-order valence-electron chi connectivity index (χ3n) is 5.70. The van der Waals surface area contributed by atoms with Crippen LogP contribution in [-0.4, -0.2) is 64.6 Å². The van der Waals surface area contributed by atoms with Crippen LogP contribution < -0.4 is 5.56 Å². The maximum Gasteiger partial charge on any atom is 0.259 e. The average molecular weight is 405 g/mol. The van der Waals surface area contributed by atoms with Crippen LogP contribution in [0.3, 0.4) is 0 Å². The van der Waals surface area contributed by atoms with Crippen molar-refractivity contribution in [2.24, 2.45) is 0 Å². The molecule has 0 saturated carbocycles. The number of aromatic amines is 1. The Balaban J connectivity index is 1.42. The standard InChI is InChI=1S/C20H28N4O3S/c1-3-27-13(2)20(26)24-10-8-23(9-11-24)12-16-21-18(25)17-14-6-4-5-7-15(14)28-19(17)22-16/h13H,3-12H2,1-2H3,(H,21,22,25). The molecule has 0 bridgehead atoms. The van der Waals surface area contributed by atoms with Gasteiger partial charge in [-0.2, -0.15) is 0 Å². The van der Waals surface area contributed by atoms with E-state index < -0.39 is 0 Å². The molecule has 1 saturated heterocycles. The van der Waals surface area contributed by atoms with Crippen molar-refractivity contribution in [3.8, 4) is 0 Å². The van der Waals surface area contributed by atoms with Gasteiger partial charge < -0.3 is 14.6 Å². The summed E-state index contributed by atoms with van der Waals surface area (Å²) in [6.45, 7) is 7.75. The molecule has 8 heteroatoms. The highest BCUT2D eigenvalue weighted by atomic mass is 32.1. The van der Waals surface area contributed by atoms with E-state index in [0.717, 1.165) is 48.4 Å². The van der Waals surface area contributed by atoms with Gasteiger partial charge in [-0.15, -0.1) is 11.3 Å². The monoisotopic (exact) mass is 404 g/mol. The van der Waals surface area contributed by atoms with Gasteiger partial charge in [-0.05, 0) is 45.1 Å². The number of fused-ring (bicyclic) bond motifs is 3. The minimum atomic E-state index is -0.387. The van der Waals surface area contributed by atoms with E-state index in [1.165, 1.54) is 16.9 Å². The molecule has 0 radical (unpaired) electrons. The van der Waals surface area contributed by atoms with E-state index in [2.05, 4.69) is 9.88 Å². The first-order valence-electron chi connectivity index (χ1n) is 10.2. The molecule has 4 rings (SSSR count). The number of carbonyl (C=O) groups is 1. The number of hydrogen-bond donors (Lipinski definition) is 1. The number of hydrogen-bond acceptors (Lipinski definition) is 6. The minimum Gasteiger partial charge on any atom is -0.369 e. The molecule has 1 amide bonds. The molecule has 3 heterocycles. The number of piperazine rings is 1. The lowest BCUT2D eigenvalue weighted by Crippen LogP contribution is -2.51. The van der Waals surface area contributed by atoms with Gasteiger partial charge in [-0.3, -0.25) is 14.5 Å². The van der Waals surface area contributed by atoms with Crippen molar-refractivity contribution in [2.45, 2.75) is 52.2 Å². The molecule has 7 nitrogen and oxygen atoms in total. The lowest BCUT2D eigenvalue weighted by atomic mass is 9.97. The molecule has 1 N–H and O–H groups in total. The maximum absolute atomic E-state index is 12.7. The van der Waals surface area contributed by atoms with E-state index in [0.29, 0.717) is 26.2 Å². The highest BCUT2D eigenvalue weighted by Crippen LogP contribution is 2.33. The fourth-order valence-electron chi connectivity index (χ4n) is 4.20. The molecule has 0 aromatic carbocycles. The van der Waals surface area contributed by atoms with E-state index >= 15 is 0 Å². The van der Waals surface area contributed by atoms with Crippen LogP contribution in [0.5, 0.6) is 0 Å². The van der Waals surface area contributed by atoms with Crippen molar-refractivity contribution in [3.05, 3.63) is 26.6 Å². The number of ether oxygens (including phenoxy) is 1. The first kappa shape index (κ1) is 19.5. The van der Waals surface area contributed by atoms with Crippen LogP contribution in [0.4, 0.5) is 0 Å². The molecule has 1 aliphatic heterocycles. The predicted octanol–water partition coefficient (Wildman–Crippen LogP) is 1.93. The molecule has 1 fully saturated rings. The summed E-state index contributed by atoms with van der Waals surface area (Å²) in [4.78, 5) is 39.1. The molecule has 28 heavy (non-hydrogen) atoms. The predicted molar refractivity (Wildman–Crippen MR) is 110 cm³/mol. The molecule has 0 spiro atoms. The molecule has 2 aromatic heterocycles. The number of thiophene rings is 1. The zero-order valence-electron chi connectivity index (χ0n) is 16.6. The number of rotatable bonds is 5. The summed E-state index contributed by atoms with van der Waals surface area (Å²) in [5.41, 5.74) is 1.22. The third kappa shape index (κ3) is 3.86. The van der Waals surface area contributed by atoms with E-state index in [4.69, 9.17) is 9.72 Å². The van der Waals surface area contributed by atoms with E-state index in [-0.39, 0.29) is 17.6 Å². The van der Waals surface area contributed by atoms with Crippen molar-refractivity contribution in [2.75, 3.05) is 32.8 Å². The normalized spacial score (nSPS) is 19.0. The Morgan fingerprint density at radius 3 is 2.75 bits per heavy atom. The Bertz CT molecular complexity index is 914. The Hall–Kier alpha value is -1.77. The highest BCUT2D eigenvalue weighted by Gasteiger charge is 2.26. The first-order chi connectivity index (χ1) is 13.6. The fraction of sp³-hybridized carbons (Fsp3) is 0.650. The summed E-state index contributed by atoms with van der Waals surface area (Å²) in [5.74, 6) is 0.775. The van der Waals surface area contributed by atoms with Crippen molar-refractivity contribution >= 4 is 27.5 Å². The smallest absolute Gasteiger partial charge is 0.259 e. The lowest BCUT2D eigenvalue weighted by Gasteiger charge is -2.35. The van der Waals surface area contributed by atoms with E-state index in [1.807, 2.05) is 18.7 Å². The molecule has 1 unspecified atom stereocenters. The van der Waals surface area contributed by atoms with Gasteiger partial charge in [-0.1, -0.05) is 0 Å². The van der Waals surface area contributed by atoms with Gasteiger partial charge in [0, 0.05) is 37.7 Å². The summed E-state index contributed by atoms with van der Waals surface area (Å²) in [6, 6.07) is 0. The Labute approximate surface area is 168 Å². The van der Waals surface area contributed by atoms with Gasteiger partial charge in [-0.25, -0.2) is 4.98 Å². The molecule has 1 atom stereocenters. The molecule has 2 aromatic rings. The summed E-state index contributed by atoms with van der Waals surface area (Å²) >= 11 is 1.69. The van der Waals surface area contributed by atoms with Crippen LogP contribution in [-0.2, 0) is 28.9 Å². The molecule has 1 aliphatic carbocycles. The van der Waals surface area contributed by atoms with Crippen molar-refractivity contribution in [1.29, 1.82) is 0 Å². The lowest BCUT2D eigenvalue weighted by molar-refractivity contribution is -0.144. The largest absolute Gasteiger partial charge is 0.369 e. The molecule has 152 valence electrons. The summed E-state index contributed by atoms with van der Waals surface area (Å²) in [7, 11) is 0. The van der Waals surface area contributed by atoms with Crippen molar-refractivity contribution in [3.63, 3.8) is 0 Å². The second-order valence-electron chi connectivity index (χ2n) is 7.60. The van der Waals surface area contributed by atoms with Crippen LogP contribution in [0, 0.1) is 0 Å². The number of aromatic nitrogens is 2. The topological polar surface area (TPSA) is 78.5 Å². The summed E-state index contributed by atoms with van der Waals surface area (Å²) in [6.07, 6.45) is 4.04. The van der Waals surface area contributed by atoms with Gasteiger partial charge >= 0.3 is 0 Å². The zero-order valence-corrected chi connectivity index (χ0v) is 17.4. The van der Waals surface area contributed by atoms with Gasteiger partial charge in [0.1, 0.15) is 16.8 Å². The van der Waals surface area contributed by atoms with Gasteiger partial charge in [0.05, 0.1) is 11.9 Å². The van der Waals surface area contributed by atoms with Crippen LogP contribution in [0.15, 0.2) is 4.79 Å². The SMILES string of the molecule is CCOC(C)C(=O)N1CCN(Cc2nc3sc4c(c3c(=O)[nH]2)CCCC4)CC1. The summed E-state index contributed by atoms with van der Waals surface area (Å²) < 4.78 is 5.41. The third-order valence-corrected chi connectivity index (χ3v) is 6.88. The number of aryl methyl sites for hydroxylation is 2. The quantitative estimate of drug-likeness (QED) is 0.824.